The molecule has 0 saturated heterocycles. The van der Waals surface area contributed by atoms with E-state index in [9.17, 15) is 53.7 Å². The molecule has 0 aliphatic carbocycles. The van der Waals surface area contributed by atoms with Crippen molar-refractivity contribution >= 4 is 47.3 Å². The topological polar surface area (TPSA) is 306 Å². The predicted molar refractivity (Wildman–Crippen MR) is 284 cm³/mol. The Morgan fingerprint density at radius 1 is 0.392 bits per heavy atom. The summed E-state index contributed by atoms with van der Waals surface area (Å²) in [5.74, 6) is -6.83. The van der Waals surface area contributed by atoms with E-state index in [2.05, 4.69) is 42.5 Å². The molecule has 0 saturated carbocycles. The van der Waals surface area contributed by atoms with Crippen LogP contribution in [0.5, 0.6) is 17.2 Å². The molecule has 4 heterocycles. The van der Waals surface area contributed by atoms with Gasteiger partial charge in [0.05, 0.1) is 5.56 Å². The van der Waals surface area contributed by atoms with Crippen LogP contribution in [0.15, 0.2) is 72.8 Å². The van der Waals surface area contributed by atoms with E-state index in [1.807, 2.05) is 14.7 Å². The molecule has 11 N–H and O–H groups in total. The van der Waals surface area contributed by atoms with Crippen molar-refractivity contribution in [3.8, 4) is 17.2 Å². The monoisotopic (exact) mass is 1330 g/mol. The van der Waals surface area contributed by atoms with E-state index < -0.39 is 77.2 Å². The Labute approximate surface area is 450 Å². The van der Waals surface area contributed by atoms with Gasteiger partial charge in [0.2, 0.25) is 0 Å². The quantitative estimate of drug-likeness (QED) is 0.115. The van der Waals surface area contributed by atoms with Crippen molar-refractivity contribution in [3.63, 3.8) is 0 Å². The first-order chi connectivity index (χ1) is 38.0. The second-order valence-corrected chi connectivity index (χ2v) is 20.4. The number of amides is 8. The van der Waals surface area contributed by atoms with E-state index >= 15 is 4.39 Å². The average Bonchev–Trinajstić information content (AvgIpc) is 3.43. The van der Waals surface area contributed by atoms with Crippen LogP contribution < -0.4 is 42.5 Å². The molecule has 4 aliphatic heterocycles. The van der Waals surface area contributed by atoms with Gasteiger partial charge in [-0.2, -0.15) is 0 Å². The van der Waals surface area contributed by atoms with Crippen LogP contribution in [0.3, 0.4) is 0 Å². The second-order valence-electron chi connectivity index (χ2n) is 19.1. The third-order valence-corrected chi connectivity index (χ3v) is 14.9. The van der Waals surface area contributed by atoms with E-state index in [4.69, 9.17) is 0 Å². The predicted octanol–water partition coefficient (Wildman–Crippen LogP) is -0.487. The van der Waals surface area contributed by atoms with Crippen molar-refractivity contribution in [1.29, 1.82) is 0 Å². The van der Waals surface area contributed by atoms with Gasteiger partial charge in [0.25, 0.3) is 11.8 Å². The molecular weight excluding hydrogens is 1270 g/mol. The number of nitrogens with one attached hydrogen (secondary N) is 8. The second kappa shape index (κ2) is 27.2. The zero-order valence-corrected chi connectivity index (χ0v) is 46.0. The molecule has 0 spiro atoms. The molecule has 23 nitrogen and oxygen atoms in total. The number of benzene rings is 4. The van der Waals surface area contributed by atoms with Crippen LogP contribution in [0.4, 0.5) is 4.39 Å². The summed E-state index contributed by atoms with van der Waals surface area (Å²) in [6, 6.07) is 16.1. The summed E-state index contributed by atoms with van der Waals surface area (Å²) < 4.78 is 17.0. The number of para-hydroxylation sites is 3. The van der Waals surface area contributed by atoms with Crippen LogP contribution >= 0.6 is 0 Å². The van der Waals surface area contributed by atoms with E-state index in [0.29, 0.717) is 5.56 Å². The summed E-state index contributed by atoms with van der Waals surface area (Å²) in [6.45, 7) is 2.08. The van der Waals surface area contributed by atoms with Crippen LogP contribution in [0, 0.1) is 6.92 Å². The standard InChI is InChI=1S/C54H66FN12O11.Fm/c1-34-36-6-2-7-37(34)48(72)57-15-22-66-26-19-60-51(75)39-9-3-8-38(44(39)68)49(73)58-16-23-64(21-14-56-47(36)71)28-29-65-24-17-59-50(74)40-10-4-11-41(45(40)69)52(76)62-20-27-67(31-30-66)33-35(32-55)63-54(78)43-13-5-12-42(46(43)70)53(77)61-18-25-65;/h2-13,32,35,68-70H,14-31,33H2,1H3,(H,56,71)(H,57,72)(H,58,73)(H,59,74)(H,60,75)(H,61,77)(H,62,76)(H,63,78);. The van der Waals surface area contributed by atoms with Crippen molar-refractivity contribution in [1.82, 2.24) is 62.1 Å². The van der Waals surface area contributed by atoms with Crippen LogP contribution in [0.1, 0.15) is 88.4 Å². The Kier molecular flexibility index (Phi) is 19.8. The summed E-state index contributed by atoms with van der Waals surface area (Å²) in [6.07, 6.45) is 0. The summed E-state index contributed by atoms with van der Waals surface area (Å²) in [7, 11) is 0. The first kappa shape index (κ1) is 57.5. The number of hydrogen-bond donors (Lipinski definition) is 11. The molecule has 0 fully saturated rings. The van der Waals surface area contributed by atoms with Gasteiger partial charge in [0.15, 0.2) is 0 Å². The van der Waals surface area contributed by atoms with Crippen molar-refractivity contribution in [2.45, 2.75) is 19.6 Å². The number of carbonyl (C=O) groups is 8. The molecule has 4 aromatic rings. The third kappa shape index (κ3) is 15.1. The number of hydrogen-bond acceptors (Lipinski definition) is 15. The maximum atomic E-state index is 15.8. The maximum absolute atomic E-state index is 15.8. The Morgan fingerprint density at radius 2 is 0.620 bits per heavy atom. The van der Waals surface area contributed by atoms with E-state index in [1.165, 1.54) is 54.6 Å². The van der Waals surface area contributed by atoms with E-state index in [-0.39, 0.29) is 169 Å². The number of carbonyl (C=O) groups excluding carboxylic acids is 8. The first-order valence-electron chi connectivity index (χ1n) is 26.0. The normalized spacial score (nSPS) is 22.9. The molecule has 0 radical (unpaired) electrons. The van der Waals surface area contributed by atoms with Crippen molar-refractivity contribution in [3.05, 3.63) is 123 Å². The number of rotatable bonds is 1. The van der Waals surface area contributed by atoms with Crippen LogP contribution in [0.2, 0.25) is 0 Å². The zero-order chi connectivity index (χ0) is 56.6. The number of nitrogens with zero attached hydrogens (tertiary/aromatic N) is 4. The number of fused-ring (bicyclic) bond motifs is 16. The number of aromatic hydroxyl groups is 3. The van der Waals surface area contributed by atoms with Gasteiger partial charge < -0.3 is 21.1 Å². The number of alkyl halides is 1. The summed E-state index contributed by atoms with van der Waals surface area (Å²) in [4.78, 5) is 118. The van der Waals surface area contributed by atoms with Crippen LogP contribution in [0.25, 0.3) is 0 Å². The van der Waals surface area contributed by atoms with Crippen LogP contribution in [-0.2, 0) is 0 Å². The fourth-order valence-corrected chi connectivity index (χ4v) is 9.83. The van der Waals surface area contributed by atoms with Gasteiger partial charge in [-0.1, -0.05) is 12.1 Å². The van der Waals surface area contributed by atoms with Crippen molar-refractivity contribution < 1.29 is 58.1 Å². The van der Waals surface area contributed by atoms with Gasteiger partial charge in [0, 0.05) is 57.9 Å². The first-order valence-corrected chi connectivity index (χ1v) is 27.4. The molecular formula is C54H66FFmN12O11. The number of halogens is 1. The zero-order valence-electron chi connectivity index (χ0n) is 43.6. The van der Waals surface area contributed by atoms with E-state index in [0.717, 1.165) is 0 Å². The molecule has 8 rings (SSSR count). The Bertz CT molecular complexity index is 2820. The minimum atomic E-state index is -1.68. The SMILES string of the molecule is Cc1c2cccc1C(=O)NCCN1CCNC(=O)c3cccc(c3O)C(=O)NCCN(CCNC2=O)CCN2CCNC(=O)c3cccc(c3O)C(=O)NCCN(CC1)CC([CH](F)[Fm])NC(=O)c1cccc(c1O)C(=O)NCC2. The Morgan fingerprint density at radius 3 is 0.899 bits per heavy atom. The van der Waals surface area contributed by atoms with Crippen LogP contribution in [-0.4, -0.2) is 219 Å². The Balaban J connectivity index is 1.32. The van der Waals surface area contributed by atoms with Gasteiger partial charge in [0.1, 0.15) is 5.75 Å². The fourth-order valence-electron chi connectivity index (χ4n) is 9.38. The molecule has 427 valence electrons. The number of phenolic OH excluding ortho intramolecular Hbond substituents is 3. The van der Waals surface area contributed by atoms with Crippen molar-refractivity contribution in [2.24, 2.45) is 0 Å². The Hall–Kier alpha value is -9.19. The molecule has 6 unspecified atom stereocenters. The summed E-state index contributed by atoms with van der Waals surface area (Å²) in [5.41, 5.74) is -0.126. The minimum absolute atomic E-state index is 0.00139. The van der Waals surface area contributed by atoms with Gasteiger partial charge in [-0.15, -0.1) is 0 Å². The molecule has 4 aliphatic rings. The van der Waals surface area contributed by atoms with Gasteiger partial charge in [-0.05, 0) is 36.8 Å². The molecule has 12 bridgehead atoms. The molecule has 6 atom stereocenters. The summed E-state index contributed by atoms with van der Waals surface area (Å²) in [5, 5.41) is 56.6. The average molecular weight is 1340 g/mol. The third-order valence-electron chi connectivity index (χ3n) is 13.9. The fraction of sp³-hybridized carbons (Fsp3) is 0.407. The summed E-state index contributed by atoms with van der Waals surface area (Å²) >= 11 is 0. The number of phenols is 3. The van der Waals surface area contributed by atoms with Gasteiger partial charge in [-0.3, -0.25) is 19.3 Å². The van der Waals surface area contributed by atoms with Gasteiger partial charge in [-0.25, -0.2) is 0 Å². The molecule has 25 heteroatoms. The molecule has 8 amide bonds. The molecule has 0 aromatic heterocycles. The molecule has 79 heavy (non-hydrogen) atoms. The molecule has 4 aromatic carbocycles. The van der Waals surface area contributed by atoms with Crippen molar-refractivity contribution in [2.75, 3.05) is 124 Å². The van der Waals surface area contributed by atoms with E-state index in [1.54, 1.807) is 30.0 Å². The van der Waals surface area contributed by atoms with Gasteiger partial charge >= 0.3 is 281 Å².